The number of allylic oxidation sites excluding steroid dienone is 3. The first-order valence-electron chi connectivity index (χ1n) is 32.2. The van der Waals surface area contributed by atoms with E-state index in [2.05, 4.69) is 31.9 Å². The Balaban J connectivity index is 1.24. The molecule has 546 valence electrons. The van der Waals surface area contributed by atoms with Crippen molar-refractivity contribution >= 4 is 70.4 Å². The smallest absolute Gasteiger partial charge is 0.330 e. The number of aliphatic carboxylic acids is 1. The van der Waals surface area contributed by atoms with Crippen LogP contribution in [0.2, 0.25) is 10.0 Å². The lowest BCUT2D eigenvalue weighted by Crippen LogP contribution is -2.64. The van der Waals surface area contributed by atoms with E-state index in [1.807, 2.05) is 13.8 Å². The lowest BCUT2D eigenvalue weighted by atomic mass is 9.75. The minimum Gasteiger partial charge on any atom is -0.512 e. The van der Waals surface area contributed by atoms with Gasteiger partial charge >= 0.3 is 5.97 Å². The van der Waals surface area contributed by atoms with Gasteiger partial charge in [0.15, 0.2) is 36.0 Å². The molecule has 7 heterocycles. The highest BCUT2D eigenvalue weighted by atomic mass is 35.5. The highest BCUT2D eigenvalue weighted by Gasteiger charge is 2.52. The van der Waals surface area contributed by atoms with Crippen LogP contribution in [0.1, 0.15) is 94.7 Å². The van der Waals surface area contributed by atoms with Crippen molar-refractivity contribution in [3.8, 4) is 28.7 Å². The average Bonchev–Trinajstić information content (AvgIpc) is 0.775. The molecule has 2 aliphatic carbocycles. The van der Waals surface area contributed by atoms with Gasteiger partial charge in [0.2, 0.25) is 47.5 Å². The quantitative estimate of drug-likeness (QED) is 0.102. The molecule has 9 aliphatic rings. The molecule has 3 fully saturated rings. The summed E-state index contributed by atoms with van der Waals surface area (Å²) in [6, 6.07) is -4.10. The van der Waals surface area contributed by atoms with Crippen molar-refractivity contribution in [2.24, 2.45) is 34.0 Å². The van der Waals surface area contributed by atoms with Crippen LogP contribution in [0.15, 0.2) is 100.0 Å². The molecule has 3 saturated heterocycles. The van der Waals surface area contributed by atoms with Crippen molar-refractivity contribution < 1.29 is 113 Å². The Morgan fingerprint density at radius 1 is 0.812 bits per heavy atom. The first-order chi connectivity index (χ1) is 47.7. The van der Waals surface area contributed by atoms with Crippen molar-refractivity contribution in [3.05, 3.63) is 122 Å². The number of carbonyl (C=O) groups is 7. The number of benzene rings is 3. The minimum atomic E-state index is -2.22. The lowest BCUT2D eigenvalue weighted by Gasteiger charge is -2.47. The Bertz CT molecular complexity index is 3930. The third-order valence-electron chi connectivity index (χ3n) is 18.4. The number of aliphatic imine (C=N–C) groups is 1. The van der Waals surface area contributed by atoms with Crippen molar-refractivity contribution in [1.29, 1.82) is 0 Å². The van der Waals surface area contributed by atoms with Gasteiger partial charge in [-0.3, -0.25) is 33.8 Å². The molecule has 3 aromatic rings. The highest BCUT2D eigenvalue weighted by Crippen LogP contribution is 2.49. The molecule has 33 nitrogen and oxygen atoms in total. The number of primary amides is 1. The number of nitrogens with two attached hydrogens (primary N) is 3. The van der Waals surface area contributed by atoms with E-state index in [1.165, 1.54) is 45.2 Å². The van der Waals surface area contributed by atoms with E-state index >= 15 is 9.59 Å². The predicted octanol–water partition coefficient (Wildman–Crippen LogP) is -0.591. The molecule has 0 spiro atoms. The molecule has 3 aromatic carbocycles. The van der Waals surface area contributed by atoms with Crippen LogP contribution in [0.3, 0.4) is 0 Å². The molecule has 6 amide bonds. The van der Waals surface area contributed by atoms with E-state index in [-0.39, 0.29) is 63.1 Å². The van der Waals surface area contributed by atoms with Gasteiger partial charge in [-0.05, 0) is 116 Å². The second kappa shape index (κ2) is 30.6. The van der Waals surface area contributed by atoms with Crippen molar-refractivity contribution in [3.63, 3.8) is 0 Å². The van der Waals surface area contributed by atoms with Gasteiger partial charge in [-0.25, -0.2) is 4.79 Å². The molecule has 12 rings (SSSR count). The number of fused-ring (bicyclic) bond motifs is 14. The van der Waals surface area contributed by atoms with E-state index in [1.54, 1.807) is 0 Å². The zero-order chi connectivity index (χ0) is 73.5. The monoisotopic (exact) mass is 1450 g/mol. The number of rotatable bonds is 13. The maximum Gasteiger partial charge on any atom is 0.330 e. The summed E-state index contributed by atoms with van der Waals surface area (Å²) in [4.78, 5) is 106. The molecule has 7 aliphatic heterocycles. The van der Waals surface area contributed by atoms with E-state index in [9.17, 15) is 75.0 Å². The molecule has 101 heavy (non-hydrogen) atoms. The van der Waals surface area contributed by atoms with Crippen LogP contribution < -0.4 is 63.3 Å². The number of halogens is 2. The number of hydrogen-bond acceptors (Lipinski definition) is 26. The summed E-state index contributed by atoms with van der Waals surface area (Å²) in [6.07, 6.45) is -17.4. The van der Waals surface area contributed by atoms with Crippen LogP contribution in [0.5, 0.6) is 28.7 Å². The molecule has 11 bridgehead atoms. The van der Waals surface area contributed by atoms with E-state index in [4.69, 9.17) is 73.8 Å². The van der Waals surface area contributed by atoms with Gasteiger partial charge in [-0.2, -0.15) is 0 Å². The number of aliphatic hydroxyl groups excluding tert-OH is 9. The summed E-state index contributed by atoms with van der Waals surface area (Å²) in [5, 5.41) is 129. The zero-order valence-corrected chi connectivity index (χ0v) is 56.4. The number of carboxylic acids is 1. The molecule has 20 atom stereocenters. The van der Waals surface area contributed by atoms with Crippen molar-refractivity contribution in [2.75, 3.05) is 13.7 Å². The van der Waals surface area contributed by atoms with Gasteiger partial charge in [0.05, 0.1) is 53.2 Å². The predicted molar refractivity (Wildman–Crippen MR) is 353 cm³/mol. The fourth-order valence-electron chi connectivity index (χ4n) is 13.1. The fourth-order valence-corrected chi connectivity index (χ4v) is 13.5. The number of carbonyl (C=O) groups excluding carboxylic acids is 6. The first-order valence-corrected chi connectivity index (χ1v) is 32.9. The normalized spacial score (nSPS) is 32.7. The first kappa shape index (κ1) is 75.2. The number of aliphatic hydroxyl groups is 9. The molecule has 0 radical (unpaired) electrons. The van der Waals surface area contributed by atoms with E-state index < -0.39 is 234 Å². The van der Waals surface area contributed by atoms with Crippen LogP contribution in [-0.4, -0.2) is 209 Å². The van der Waals surface area contributed by atoms with E-state index in [0.717, 1.165) is 42.5 Å². The van der Waals surface area contributed by atoms with Crippen LogP contribution >= 0.6 is 23.2 Å². The summed E-state index contributed by atoms with van der Waals surface area (Å²) < 4.78 is 38.6. The largest absolute Gasteiger partial charge is 0.512 e. The number of amides is 6. The molecule has 0 saturated carbocycles. The Labute approximate surface area is 586 Å². The molecule has 7 unspecified atom stereocenters. The van der Waals surface area contributed by atoms with E-state index in [0.29, 0.717) is 0 Å². The minimum absolute atomic E-state index is 0.0802. The second-order valence-corrected chi connectivity index (χ2v) is 27.2. The summed E-state index contributed by atoms with van der Waals surface area (Å²) >= 11 is 14.2. The number of carboxylic acid groups (broad SMARTS) is 1. The summed E-state index contributed by atoms with van der Waals surface area (Å²) in [5.74, 6) is -14.7. The Hall–Kier alpha value is -8.52. The lowest BCUT2D eigenvalue weighted by molar-refractivity contribution is -0.333. The fraction of sp³-hybridized carbons (Fsp3) is 0.485. The average molecular weight is 1450 g/mol. The number of nitrogens with zero attached hydrogens (tertiary/aromatic N) is 1. The van der Waals surface area contributed by atoms with Crippen LogP contribution in [-0.2, 0) is 47.8 Å². The second-order valence-electron chi connectivity index (χ2n) is 26.4. The maximum atomic E-state index is 15.5. The number of hydrogen-bond donors (Lipinski definition) is 19. The molecule has 22 N–H and O–H groups in total. The number of amidine groups is 1. The summed E-state index contributed by atoms with van der Waals surface area (Å²) in [6.45, 7) is 5.74. The van der Waals surface area contributed by atoms with Gasteiger partial charge in [-0.15, -0.1) is 0 Å². The third-order valence-corrected chi connectivity index (χ3v) is 19.0. The Morgan fingerprint density at radius 3 is 2.04 bits per heavy atom. The van der Waals surface area contributed by atoms with Gasteiger partial charge in [0.25, 0.3) is 0 Å². The molecule has 35 heteroatoms. The standard InChI is InChI=1S/C66H80Cl2N10O23/c1-23(2)12-34(72-5)59(89)77-49-51(84)26-7-10-38(32(67)14-26)97-40-16-28-17-41(55(40)101-65-56(54(87)53(86)42(22-79)99-65)100-44-21-66(4,71)57(88)24(3)96-44)98-39-11-8-27(15-33(39)68)52(85)50-63(93)76-48(64(94)95)31-18-29(80)19-37(82)45(31)30-13-25(6-9-36(30)81)47(61(91)78-50)74-58(70)46(28)75-60(90)35(20-43(69)83)73-62(49)92/h6-11,14-18,23-24,29-30,34-35,42,44,46-54,56-57,65,72,79-82,84-88H,12-13,19-22,71H2,1-5H3,(H2,69,83)(H2,70,74)(H,73,92)(H,75,90)(H,76,93)(H,77,89)(H,78,91)(H,94,95)/t24?,29?,30?,34-,35+,42?,44+,46-,47-,48+,49-,50+,51-,52-,53?,54+,56?,57-,65-,66?/m1/s1. The zero-order valence-electron chi connectivity index (χ0n) is 54.9. The van der Waals surface area contributed by atoms with Crippen LogP contribution in [0.25, 0.3) is 0 Å². The summed E-state index contributed by atoms with van der Waals surface area (Å²) in [7, 11) is 1.49. The highest BCUT2D eigenvalue weighted by molar-refractivity contribution is 6.32. The topological polar surface area (TPSA) is 540 Å². The molecule has 0 aromatic heterocycles. The maximum absolute atomic E-state index is 15.5. The van der Waals surface area contributed by atoms with Crippen molar-refractivity contribution in [1.82, 2.24) is 31.9 Å². The Kier molecular flexibility index (Phi) is 22.8. The Morgan fingerprint density at radius 2 is 1.46 bits per heavy atom. The SMILES string of the molecule is CN[C@H](CC(C)C)C(=O)N[C@H]1C(=O)N[C@@H](CC(N)=O)C(=O)N[C@H]2C(N)=N[C@H]3C(=O)N[C@H](C(=O)N[C@H](C(=O)O)C4=CC(O)CC(O)=C4C4CC3=CC=C4O)[C@H](O)c3ccc(c(Cl)c3)Oc3cc2cc(c3O[C@H]2OC(CO)C(O)[C@H](O)C2O[C@H]2CC(C)(N)[C@H](O)C(C)O2)Oc2ccc(cc2Cl)[C@H]1O. The third kappa shape index (κ3) is 16.1. The van der Waals surface area contributed by atoms with Crippen molar-refractivity contribution in [2.45, 2.75) is 175 Å². The number of likely N-dealkylation sites (N-methyl/N-ethyl adjacent to an activating group) is 1. The van der Waals surface area contributed by atoms with Gasteiger partial charge in [0, 0.05) is 29.9 Å². The summed E-state index contributed by atoms with van der Waals surface area (Å²) in [5.41, 5.74) is 16.6. The van der Waals surface area contributed by atoms with Crippen LogP contribution in [0.4, 0.5) is 0 Å². The molecular weight excluding hydrogens is 1370 g/mol. The van der Waals surface area contributed by atoms with Gasteiger partial charge < -0.3 is 129 Å². The number of ether oxygens (including phenoxy) is 6. The van der Waals surface area contributed by atoms with Crippen LogP contribution in [0, 0.1) is 11.8 Å². The van der Waals surface area contributed by atoms with Gasteiger partial charge in [0.1, 0.15) is 77.8 Å². The van der Waals surface area contributed by atoms with Gasteiger partial charge in [-0.1, -0.05) is 55.3 Å². The molecular formula is C66H80Cl2N10O23. The number of nitrogens with one attached hydrogen (secondary N) is 6.